The van der Waals surface area contributed by atoms with Gasteiger partial charge in [0.25, 0.3) is 5.91 Å². The van der Waals surface area contributed by atoms with Crippen molar-refractivity contribution in [1.82, 2.24) is 15.3 Å². The number of fused-ring (bicyclic) bond motifs is 1. The SMILES string of the molecule is Nc1c(C(=O)NC2C=CS(=O)(=O)C2)sc2nccnc12. The first-order chi connectivity index (χ1) is 9.46. The lowest BCUT2D eigenvalue weighted by Crippen LogP contribution is -2.35. The van der Waals surface area contributed by atoms with Crippen molar-refractivity contribution in [2.45, 2.75) is 6.04 Å². The predicted molar refractivity (Wildman–Crippen MR) is 76.0 cm³/mol. The van der Waals surface area contributed by atoms with E-state index in [-0.39, 0.29) is 11.4 Å². The number of nitrogens with zero attached hydrogens (tertiary/aromatic N) is 2. The van der Waals surface area contributed by atoms with Gasteiger partial charge >= 0.3 is 0 Å². The average Bonchev–Trinajstić information content (AvgIpc) is 2.91. The van der Waals surface area contributed by atoms with Crippen molar-refractivity contribution in [2.24, 2.45) is 0 Å². The van der Waals surface area contributed by atoms with Crippen LogP contribution in [0, 0.1) is 0 Å². The summed E-state index contributed by atoms with van der Waals surface area (Å²) in [5.41, 5.74) is 6.63. The Balaban J connectivity index is 1.87. The zero-order chi connectivity index (χ0) is 14.3. The Morgan fingerprint density at radius 1 is 1.40 bits per heavy atom. The van der Waals surface area contributed by atoms with E-state index < -0.39 is 21.8 Å². The van der Waals surface area contributed by atoms with Gasteiger partial charge in [-0.1, -0.05) is 0 Å². The number of amides is 1. The van der Waals surface area contributed by atoms with Crippen molar-refractivity contribution < 1.29 is 13.2 Å². The Labute approximate surface area is 118 Å². The molecule has 3 N–H and O–H groups in total. The normalized spacial score (nSPS) is 20.3. The molecule has 2 aromatic rings. The Kier molecular flexibility index (Phi) is 2.94. The van der Waals surface area contributed by atoms with Crippen molar-refractivity contribution in [3.05, 3.63) is 28.8 Å². The maximum Gasteiger partial charge on any atom is 0.264 e. The molecule has 0 radical (unpaired) electrons. The van der Waals surface area contributed by atoms with Gasteiger partial charge in [0.15, 0.2) is 9.84 Å². The number of rotatable bonds is 2. The maximum absolute atomic E-state index is 12.1. The van der Waals surface area contributed by atoms with Crippen molar-refractivity contribution >= 4 is 43.1 Å². The molecule has 0 aromatic carbocycles. The van der Waals surface area contributed by atoms with E-state index in [0.29, 0.717) is 15.2 Å². The third-order valence-electron chi connectivity index (χ3n) is 2.82. The molecule has 3 heterocycles. The number of nitrogen functional groups attached to an aromatic ring is 1. The van der Waals surface area contributed by atoms with Crippen molar-refractivity contribution in [2.75, 3.05) is 11.5 Å². The number of carbonyl (C=O) groups excluding carboxylic acids is 1. The summed E-state index contributed by atoms with van der Waals surface area (Å²) < 4.78 is 22.6. The molecule has 0 bridgehead atoms. The van der Waals surface area contributed by atoms with Gasteiger partial charge < -0.3 is 11.1 Å². The van der Waals surface area contributed by atoms with E-state index in [0.717, 1.165) is 16.7 Å². The molecular weight excluding hydrogens is 300 g/mol. The van der Waals surface area contributed by atoms with E-state index in [9.17, 15) is 13.2 Å². The molecule has 1 aliphatic heterocycles. The van der Waals surface area contributed by atoms with E-state index >= 15 is 0 Å². The Bertz CT molecular complexity index is 825. The molecule has 3 rings (SSSR count). The fourth-order valence-electron chi connectivity index (χ4n) is 1.91. The van der Waals surface area contributed by atoms with Gasteiger partial charge in [-0.2, -0.15) is 0 Å². The molecule has 20 heavy (non-hydrogen) atoms. The summed E-state index contributed by atoms with van der Waals surface area (Å²) in [4.78, 5) is 21.2. The van der Waals surface area contributed by atoms with Crippen LogP contribution in [0.4, 0.5) is 5.69 Å². The zero-order valence-corrected chi connectivity index (χ0v) is 11.7. The van der Waals surface area contributed by atoms with Crippen molar-refractivity contribution in [1.29, 1.82) is 0 Å². The van der Waals surface area contributed by atoms with E-state index in [1.54, 1.807) is 0 Å². The van der Waals surface area contributed by atoms with Crippen LogP contribution < -0.4 is 11.1 Å². The molecule has 2 aromatic heterocycles. The number of nitrogens with two attached hydrogens (primary N) is 1. The van der Waals surface area contributed by atoms with Gasteiger partial charge in [0.2, 0.25) is 0 Å². The maximum atomic E-state index is 12.1. The first-order valence-electron chi connectivity index (χ1n) is 5.67. The second-order valence-electron chi connectivity index (χ2n) is 4.29. The summed E-state index contributed by atoms with van der Waals surface area (Å²) in [7, 11) is -3.21. The third kappa shape index (κ3) is 2.25. The highest BCUT2D eigenvalue weighted by atomic mass is 32.2. The summed E-state index contributed by atoms with van der Waals surface area (Å²) >= 11 is 1.13. The van der Waals surface area contributed by atoms with E-state index in [2.05, 4.69) is 15.3 Å². The fraction of sp³-hybridized carbons (Fsp3) is 0.182. The fourth-order valence-corrected chi connectivity index (χ4v) is 4.07. The number of aromatic nitrogens is 2. The summed E-state index contributed by atoms with van der Waals surface area (Å²) in [5, 5.41) is 3.73. The molecule has 0 spiro atoms. The molecule has 7 nitrogen and oxygen atoms in total. The molecule has 104 valence electrons. The minimum atomic E-state index is -3.21. The zero-order valence-electron chi connectivity index (χ0n) is 10.1. The molecule has 0 saturated carbocycles. The van der Waals surface area contributed by atoms with Gasteiger partial charge in [-0.25, -0.2) is 18.4 Å². The number of sulfone groups is 1. The van der Waals surface area contributed by atoms with Crippen LogP contribution in [0.2, 0.25) is 0 Å². The van der Waals surface area contributed by atoms with Crippen LogP contribution in [0.15, 0.2) is 23.9 Å². The summed E-state index contributed by atoms with van der Waals surface area (Å²) in [6, 6.07) is -0.530. The van der Waals surface area contributed by atoms with E-state index in [1.165, 1.54) is 18.5 Å². The molecule has 0 fully saturated rings. The Morgan fingerprint density at radius 2 is 2.15 bits per heavy atom. The number of anilines is 1. The molecule has 1 amide bonds. The lowest BCUT2D eigenvalue weighted by molar-refractivity contribution is 0.0952. The third-order valence-corrected chi connectivity index (χ3v) is 5.31. The first-order valence-corrected chi connectivity index (χ1v) is 8.20. The van der Waals surface area contributed by atoms with Crippen LogP contribution in [-0.4, -0.2) is 36.1 Å². The van der Waals surface area contributed by atoms with Crippen LogP contribution in [0.1, 0.15) is 9.67 Å². The highest BCUT2D eigenvalue weighted by Crippen LogP contribution is 2.30. The van der Waals surface area contributed by atoms with Crippen LogP contribution >= 0.6 is 11.3 Å². The quantitative estimate of drug-likeness (QED) is 0.825. The molecule has 1 unspecified atom stereocenters. The number of hydrogen-bond acceptors (Lipinski definition) is 7. The van der Waals surface area contributed by atoms with Crippen LogP contribution in [0.25, 0.3) is 10.3 Å². The van der Waals surface area contributed by atoms with E-state index in [4.69, 9.17) is 5.73 Å². The van der Waals surface area contributed by atoms with Crippen LogP contribution in [0.3, 0.4) is 0 Å². The number of hydrogen-bond donors (Lipinski definition) is 2. The molecule has 1 atom stereocenters. The Morgan fingerprint density at radius 3 is 2.80 bits per heavy atom. The van der Waals surface area contributed by atoms with Gasteiger partial charge in [-0.3, -0.25) is 4.79 Å². The second kappa shape index (κ2) is 4.53. The van der Waals surface area contributed by atoms with Gasteiger partial charge in [-0.05, 0) is 6.08 Å². The standard InChI is InChI=1S/C11H10N4O3S2/c12-7-8-11(14-3-2-13-8)19-9(7)10(16)15-6-1-4-20(17,18)5-6/h1-4,6H,5,12H2,(H,15,16). The molecule has 0 aliphatic carbocycles. The second-order valence-corrected chi connectivity index (χ2v) is 7.22. The molecular formula is C11H10N4O3S2. The summed E-state index contributed by atoms with van der Waals surface area (Å²) in [6.45, 7) is 0. The highest BCUT2D eigenvalue weighted by Gasteiger charge is 2.25. The molecule has 9 heteroatoms. The smallest absolute Gasteiger partial charge is 0.264 e. The average molecular weight is 310 g/mol. The lowest BCUT2D eigenvalue weighted by atomic mass is 10.3. The number of thiophene rings is 1. The van der Waals surface area contributed by atoms with Gasteiger partial charge in [0, 0.05) is 17.8 Å². The van der Waals surface area contributed by atoms with Crippen molar-refractivity contribution in [3.63, 3.8) is 0 Å². The summed E-state index contributed by atoms with van der Waals surface area (Å²) in [5.74, 6) is -0.543. The minimum Gasteiger partial charge on any atom is -0.396 e. The van der Waals surface area contributed by atoms with Gasteiger partial charge in [0.1, 0.15) is 15.2 Å². The van der Waals surface area contributed by atoms with Crippen molar-refractivity contribution in [3.8, 4) is 0 Å². The van der Waals surface area contributed by atoms with Gasteiger partial charge in [0.05, 0.1) is 17.5 Å². The minimum absolute atomic E-state index is 0.125. The predicted octanol–water partition coefficient (Wildman–Crippen LogP) is 0.314. The number of nitrogens with one attached hydrogen (secondary N) is 1. The summed E-state index contributed by atoms with van der Waals surface area (Å²) in [6.07, 6.45) is 4.47. The van der Waals surface area contributed by atoms with Gasteiger partial charge in [-0.15, -0.1) is 11.3 Å². The largest absolute Gasteiger partial charge is 0.396 e. The van der Waals surface area contributed by atoms with Crippen LogP contribution in [0.5, 0.6) is 0 Å². The molecule has 1 aliphatic rings. The highest BCUT2D eigenvalue weighted by molar-refractivity contribution is 7.94. The number of carbonyl (C=O) groups is 1. The Hall–Kier alpha value is -2.00. The lowest BCUT2D eigenvalue weighted by Gasteiger charge is -2.08. The van der Waals surface area contributed by atoms with Crippen LogP contribution in [-0.2, 0) is 9.84 Å². The van der Waals surface area contributed by atoms with E-state index in [1.807, 2.05) is 0 Å². The molecule has 0 saturated heterocycles. The monoisotopic (exact) mass is 310 g/mol. The first kappa shape index (κ1) is 13.0. The topological polar surface area (TPSA) is 115 Å².